The summed E-state index contributed by atoms with van der Waals surface area (Å²) in [7, 11) is 0. The van der Waals surface area contributed by atoms with E-state index in [0.29, 0.717) is 13.1 Å². The van der Waals surface area contributed by atoms with E-state index < -0.39 is 0 Å². The lowest BCUT2D eigenvalue weighted by molar-refractivity contribution is -0.133. The SMILES string of the molecule is Cc1ncsc1CCCNC(=O)C[C@H]1C(=O)NCCN1CCc1ccccc1. The zero-order valence-corrected chi connectivity index (χ0v) is 17.1. The van der Waals surface area contributed by atoms with Crippen molar-refractivity contribution < 1.29 is 9.59 Å². The van der Waals surface area contributed by atoms with Crippen LogP contribution in [0.1, 0.15) is 29.0 Å². The molecule has 0 radical (unpaired) electrons. The maximum absolute atomic E-state index is 12.4. The fourth-order valence-corrected chi connectivity index (χ4v) is 4.28. The van der Waals surface area contributed by atoms with Gasteiger partial charge in [0.1, 0.15) is 0 Å². The van der Waals surface area contributed by atoms with Crippen LogP contribution < -0.4 is 10.6 Å². The molecule has 28 heavy (non-hydrogen) atoms. The molecule has 0 saturated carbocycles. The number of carbonyl (C=O) groups excluding carboxylic acids is 2. The molecule has 7 heteroatoms. The Kier molecular flexibility index (Phi) is 7.56. The molecule has 2 amide bonds. The first-order valence-electron chi connectivity index (χ1n) is 9.85. The van der Waals surface area contributed by atoms with Gasteiger partial charge in [-0.1, -0.05) is 30.3 Å². The molecule has 0 unspecified atom stereocenters. The van der Waals surface area contributed by atoms with Crippen LogP contribution in [0, 0.1) is 6.92 Å². The van der Waals surface area contributed by atoms with Crippen molar-refractivity contribution >= 4 is 23.2 Å². The Morgan fingerprint density at radius 3 is 2.89 bits per heavy atom. The minimum atomic E-state index is -0.388. The fraction of sp³-hybridized carbons (Fsp3) is 0.476. The van der Waals surface area contributed by atoms with Gasteiger partial charge >= 0.3 is 0 Å². The van der Waals surface area contributed by atoms with Gasteiger partial charge in [-0.15, -0.1) is 11.3 Å². The molecule has 150 valence electrons. The van der Waals surface area contributed by atoms with Gasteiger partial charge in [0.05, 0.1) is 23.7 Å². The second-order valence-corrected chi connectivity index (χ2v) is 8.04. The normalized spacial score (nSPS) is 17.3. The highest BCUT2D eigenvalue weighted by molar-refractivity contribution is 7.09. The summed E-state index contributed by atoms with van der Waals surface area (Å²) < 4.78 is 0. The summed E-state index contributed by atoms with van der Waals surface area (Å²) in [6.07, 6.45) is 2.88. The number of piperazine rings is 1. The highest BCUT2D eigenvalue weighted by Gasteiger charge is 2.31. The van der Waals surface area contributed by atoms with E-state index in [0.717, 1.165) is 38.0 Å². The summed E-state index contributed by atoms with van der Waals surface area (Å²) in [6, 6.07) is 9.85. The van der Waals surface area contributed by atoms with Crippen LogP contribution in [0.2, 0.25) is 0 Å². The lowest BCUT2D eigenvalue weighted by Gasteiger charge is -2.34. The average molecular weight is 401 g/mol. The van der Waals surface area contributed by atoms with E-state index in [9.17, 15) is 9.59 Å². The van der Waals surface area contributed by atoms with Crippen LogP contribution in [0.5, 0.6) is 0 Å². The molecule has 0 aliphatic carbocycles. The summed E-state index contributed by atoms with van der Waals surface area (Å²) in [6.45, 7) is 4.83. The number of nitrogens with zero attached hydrogens (tertiary/aromatic N) is 2. The van der Waals surface area contributed by atoms with Gasteiger partial charge in [-0.2, -0.15) is 0 Å². The molecule has 3 rings (SSSR count). The molecule has 2 heterocycles. The number of rotatable bonds is 9. The van der Waals surface area contributed by atoms with Crippen molar-refractivity contribution in [2.75, 3.05) is 26.2 Å². The first-order valence-corrected chi connectivity index (χ1v) is 10.7. The Morgan fingerprint density at radius 2 is 2.14 bits per heavy atom. The Bertz CT molecular complexity index is 778. The van der Waals surface area contributed by atoms with E-state index in [4.69, 9.17) is 0 Å². The van der Waals surface area contributed by atoms with Gasteiger partial charge in [-0.25, -0.2) is 4.98 Å². The highest BCUT2D eigenvalue weighted by atomic mass is 32.1. The van der Waals surface area contributed by atoms with Gasteiger partial charge < -0.3 is 10.6 Å². The number of nitrogens with one attached hydrogen (secondary N) is 2. The molecule has 2 aromatic rings. The van der Waals surface area contributed by atoms with E-state index in [1.807, 2.05) is 30.6 Å². The van der Waals surface area contributed by atoms with Crippen LogP contribution in [0.4, 0.5) is 0 Å². The largest absolute Gasteiger partial charge is 0.356 e. The molecule has 1 aliphatic heterocycles. The smallest absolute Gasteiger partial charge is 0.237 e. The quantitative estimate of drug-likeness (QED) is 0.631. The van der Waals surface area contributed by atoms with Crippen LogP contribution in [-0.4, -0.2) is 53.9 Å². The van der Waals surface area contributed by atoms with Gasteiger partial charge in [0, 0.05) is 31.1 Å². The van der Waals surface area contributed by atoms with E-state index in [1.54, 1.807) is 11.3 Å². The number of aromatic nitrogens is 1. The van der Waals surface area contributed by atoms with E-state index in [1.165, 1.54) is 10.4 Å². The molecular formula is C21H28N4O2S. The molecule has 1 atom stereocenters. The molecule has 0 bridgehead atoms. The first kappa shape index (κ1) is 20.5. The number of hydrogen-bond acceptors (Lipinski definition) is 5. The predicted molar refractivity (Wildman–Crippen MR) is 111 cm³/mol. The second-order valence-electron chi connectivity index (χ2n) is 7.10. The number of hydrogen-bond donors (Lipinski definition) is 2. The van der Waals surface area contributed by atoms with Gasteiger partial charge in [-0.05, 0) is 31.7 Å². The topological polar surface area (TPSA) is 74.3 Å². The van der Waals surface area contributed by atoms with Crippen molar-refractivity contribution in [2.45, 2.75) is 38.6 Å². The van der Waals surface area contributed by atoms with Gasteiger partial charge in [0.15, 0.2) is 0 Å². The zero-order valence-electron chi connectivity index (χ0n) is 16.3. The zero-order chi connectivity index (χ0) is 19.8. The van der Waals surface area contributed by atoms with Gasteiger partial charge in [0.2, 0.25) is 11.8 Å². The van der Waals surface area contributed by atoms with Crippen molar-refractivity contribution in [1.29, 1.82) is 0 Å². The van der Waals surface area contributed by atoms with Crippen LogP contribution in [0.15, 0.2) is 35.8 Å². The standard InChI is InChI=1S/C21H28N4O2S/c1-16-19(28-15-24-16)8-5-10-22-20(26)14-18-21(27)23-11-13-25(18)12-9-17-6-3-2-4-7-17/h2-4,6-7,15,18H,5,8-14H2,1H3,(H,22,26)(H,23,27)/t18-/m0/s1. The van der Waals surface area contributed by atoms with Gasteiger partial charge in [0.25, 0.3) is 0 Å². The highest BCUT2D eigenvalue weighted by Crippen LogP contribution is 2.14. The number of amides is 2. The third-order valence-corrected chi connectivity index (χ3v) is 6.09. The lowest BCUT2D eigenvalue weighted by atomic mass is 10.1. The van der Waals surface area contributed by atoms with Gasteiger partial charge in [-0.3, -0.25) is 14.5 Å². The number of carbonyl (C=O) groups is 2. The lowest BCUT2D eigenvalue weighted by Crippen LogP contribution is -2.56. The predicted octanol–water partition coefficient (Wildman–Crippen LogP) is 1.93. The maximum Gasteiger partial charge on any atom is 0.237 e. The maximum atomic E-state index is 12.4. The van der Waals surface area contributed by atoms with Crippen molar-refractivity contribution in [3.63, 3.8) is 0 Å². The van der Waals surface area contributed by atoms with Crippen molar-refractivity contribution in [3.8, 4) is 0 Å². The van der Waals surface area contributed by atoms with Crippen LogP contribution in [0.25, 0.3) is 0 Å². The summed E-state index contributed by atoms with van der Waals surface area (Å²) in [5.41, 5.74) is 4.17. The molecule has 1 aliphatic rings. The monoisotopic (exact) mass is 400 g/mol. The minimum absolute atomic E-state index is 0.0465. The van der Waals surface area contributed by atoms with Crippen molar-refractivity contribution in [2.24, 2.45) is 0 Å². The Hall–Kier alpha value is -2.25. The van der Waals surface area contributed by atoms with Crippen molar-refractivity contribution in [3.05, 3.63) is 52.0 Å². The number of thiazole rings is 1. The van der Waals surface area contributed by atoms with E-state index in [2.05, 4.69) is 32.7 Å². The fourth-order valence-electron chi connectivity index (χ4n) is 3.46. The molecule has 1 fully saturated rings. The summed E-state index contributed by atoms with van der Waals surface area (Å²) in [5, 5.41) is 5.86. The molecule has 2 N–H and O–H groups in total. The number of aryl methyl sites for hydroxylation is 2. The summed E-state index contributed by atoms with van der Waals surface area (Å²) >= 11 is 1.66. The van der Waals surface area contributed by atoms with Crippen LogP contribution in [-0.2, 0) is 22.4 Å². The van der Waals surface area contributed by atoms with E-state index in [-0.39, 0.29) is 24.3 Å². The van der Waals surface area contributed by atoms with E-state index >= 15 is 0 Å². The minimum Gasteiger partial charge on any atom is -0.356 e. The Morgan fingerprint density at radius 1 is 1.32 bits per heavy atom. The molecule has 1 aromatic carbocycles. The molecule has 0 spiro atoms. The van der Waals surface area contributed by atoms with Crippen LogP contribution in [0.3, 0.4) is 0 Å². The Labute approximate surface area is 170 Å². The molecular weight excluding hydrogens is 372 g/mol. The third kappa shape index (κ3) is 5.87. The Balaban J connectivity index is 1.44. The van der Waals surface area contributed by atoms with Crippen LogP contribution >= 0.6 is 11.3 Å². The third-order valence-electron chi connectivity index (χ3n) is 5.10. The molecule has 1 aromatic heterocycles. The van der Waals surface area contributed by atoms with Crippen molar-refractivity contribution in [1.82, 2.24) is 20.5 Å². The summed E-state index contributed by atoms with van der Waals surface area (Å²) in [4.78, 5) is 32.4. The molecule has 1 saturated heterocycles. The number of benzene rings is 1. The average Bonchev–Trinajstić information content (AvgIpc) is 3.11. The molecule has 6 nitrogen and oxygen atoms in total. The summed E-state index contributed by atoms with van der Waals surface area (Å²) in [5.74, 6) is -0.109. The second kappa shape index (κ2) is 10.3. The first-order chi connectivity index (χ1) is 13.6.